The summed E-state index contributed by atoms with van der Waals surface area (Å²) < 4.78 is 0. The molecule has 2 rings (SSSR count). The summed E-state index contributed by atoms with van der Waals surface area (Å²) in [5.41, 5.74) is 0.953. The minimum atomic E-state index is -0.426. The van der Waals surface area contributed by atoms with Gasteiger partial charge >= 0.3 is 0 Å². The largest absolute Gasteiger partial charge is 0.310 e. The van der Waals surface area contributed by atoms with Gasteiger partial charge in [0.05, 0.1) is 9.95 Å². The van der Waals surface area contributed by atoms with Crippen LogP contribution in [0.15, 0.2) is 18.2 Å². The minimum Gasteiger partial charge on any atom is -0.310 e. The Hall–Kier alpha value is -1.13. The molecule has 0 bridgehead atoms. The molecule has 0 aliphatic heterocycles. The standard InChI is InChI=1S/C14H19ClN2O2/c1-10(11-4-2-3-5-11)16-9-12-6-7-13(17(18)19)8-14(12)15/h6-8,10-11,16H,2-5,9H2,1H3. The molecule has 0 amide bonds. The number of rotatable bonds is 5. The van der Waals surface area contributed by atoms with Crippen LogP contribution < -0.4 is 5.32 Å². The van der Waals surface area contributed by atoms with Gasteiger partial charge in [0.1, 0.15) is 0 Å². The van der Waals surface area contributed by atoms with E-state index in [2.05, 4.69) is 12.2 Å². The highest BCUT2D eigenvalue weighted by Gasteiger charge is 2.21. The van der Waals surface area contributed by atoms with Crippen molar-refractivity contribution in [3.05, 3.63) is 38.9 Å². The van der Waals surface area contributed by atoms with Gasteiger partial charge in [-0.25, -0.2) is 0 Å². The maximum atomic E-state index is 10.6. The van der Waals surface area contributed by atoms with E-state index in [1.807, 2.05) is 0 Å². The SMILES string of the molecule is CC(NCc1ccc([N+](=O)[O-])cc1Cl)C1CCCC1. The first-order valence-corrected chi connectivity index (χ1v) is 7.12. The van der Waals surface area contributed by atoms with Crippen molar-refractivity contribution < 1.29 is 4.92 Å². The van der Waals surface area contributed by atoms with Crippen LogP contribution in [-0.2, 0) is 6.54 Å². The monoisotopic (exact) mass is 282 g/mol. The van der Waals surface area contributed by atoms with Crippen LogP contribution in [0.1, 0.15) is 38.2 Å². The summed E-state index contributed by atoms with van der Waals surface area (Å²) in [6.45, 7) is 2.86. The van der Waals surface area contributed by atoms with Gasteiger partial charge in [-0.05, 0) is 37.3 Å². The molecule has 1 aromatic rings. The average Bonchev–Trinajstić information content (AvgIpc) is 2.90. The number of nitro groups is 1. The van der Waals surface area contributed by atoms with Gasteiger partial charge in [0.25, 0.3) is 5.69 Å². The molecule has 0 spiro atoms. The molecule has 1 unspecified atom stereocenters. The first-order valence-electron chi connectivity index (χ1n) is 6.74. The molecule has 0 saturated heterocycles. The smallest absolute Gasteiger partial charge is 0.270 e. The number of nitrogens with zero attached hydrogens (tertiary/aromatic N) is 1. The van der Waals surface area contributed by atoms with E-state index in [1.165, 1.54) is 37.8 Å². The summed E-state index contributed by atoms with van der Waals surface area (Å²) in [7, 11) is 0. The van der Waals surface area contributed by atoms with Crippen LogP contribution in [0.3, 0.4) is 0 Å². The molecule has 1 aromatic carbocycles. The molecule has 1 atom stereocenters. The van der Waals surface area contributed by atoms with Crippen molar-refractivity contribution in [3.8, 4) is 0 Å². The maximum absolute atomic E-state index is 10.6. The van der Waals surface area contributed by atoms with E-state index >= 15 is 0 Å². The molecular formula is C14H19ClN2O2. The Morgan fingerprint density at radius 1 is 1.47 bits per heavy atom. The van der Waals surface area contributed by atoms with Gasteiger partial charge in [-0.15, -0.1) is 0 Å². The van der Waals surface area contributed by atoms with E-state index in [9.17, 15) is 10.1 Å². The summed E-state index contributed by atoms with van der Waals surface area (Å²) in [6, 6.07) is 5.12. The number of nitrogens with one attached hydrogen (secondary N) is 1. The predicted octanol–water partition coefficient (Wildman–Crippen LogP) is 3.92. The van der Waals surface area contributed by atoms with Crippen molar-refractivity contribution >= 4 is 17.3 Å². The highest BCUT2D eigenvalue weighted by molar-refractivity contribution is 6.31. The molecule has 0 heterocycles. The lowest BCUT2D eigenvalue weighted by atomic mass is 9.99. The van der Waals surface area contributed by atoms with E-state index < -0.39 is 4.92 Å². The lowest BCUT2D eigenvalue weighted by Gasteiger charge is -2.20. The van der Waals surface area contributed by atoms with Crippen molar-refractivity contribution in [2.24, 2.45) is 5.92 Å². The molecule has 19 heavy (non-hydrogen) atoms. The fraction of sp³-hybridized carbons (Fsp3) is 0.571. The Balaban J connectivity index is 1.93. The fourth-order valence-electron chi connectivity index (χ4n) is 2.69. The maximum Gasteiger partial charge on any atom is 0.270 e. The second-order valence-corrected chi connectivity index (χ2v) is 5.65. The van der Waals surface area contributed by atoms with Gasteiger partial charge in [-0.3, -0.25) is 10.1 Å². The predicted molar refractivity (Wildman–Crippen MR) is 76.4 cm³/mol. The topological polar surface area (TPSA) is 55.2 Å². The highest BCUT2D eigenvalue weighted by Crippen LogP contribution is 2.28. The Bertz CT molecular complexity index is 459. The summed E-state index contributed by atoms with van der Waals surface area (Å²) in [5, 5.41) is 14.6. The number of nitro benzene ring substituents is 1. The van der Waals surface area contributed by atoms with Crippen LogP contribution in [-0.4, -0.2) is 11.0 Å². The number of hydrogen-bond acceptors (Lipinski definition) is 3. The Kier molecular flexibility index (Phi) is 4.77. The minimum absolute atomic E-state index is 0.0394. The number of non-ortho nitro benzene ring substituents is 1. The van der Waals surface area contributed by atoms with Crippen molar-refractivity contribution in [2.75, 3.05) is 0 Å². The van der Waals surface area contributed by atoms with Crippen LogP contribution in [0.4, 0.5) is 5.69 Å². The summed E-state index contributed by atoms with van der Waals surface area (Å²) in [4.78, 5) is 10.2. The van der Waals surface area contributed by atoms with Gasteiger partial charge < -0.3 is 5.32 Å². The molecule has 1 fully saturated rings. The van der Waals surface area contributed by atoms with Crippen molar-refractivity contribution in [2.45, 2.75) is 45.2 Å². The van der Waals surface area contributed by atoms with E-state index in [4.69, 9.17) is 11.6 Å². The Morgan fingerprint density at radius 2 is 2.16 bits per heavy atom. The first kappa shape index (κ1) is 14.3. The highest BCUT2D eigenvalue weighted by atomic mass is 35.5. The van der Waals surface area contributed by atoms with Crippen LogP contribution in [0.2, 0.25) is 5.02 Å². The molecule has 4 nitrogen and oxygen atoms in total. The fourth-order valence-corrected chi connectivity index (χ4v) is 2.93. The van der Waals surface area contributed by atoms with Crippen LogP contribution in [0.25, 0.3) is 0 Å². The third-order valence-electron chi connectivity index (χ3n) is 3.97. The quantitative estimate of drug-likeness (QED) is 0.658. The lowest BCUT2D eigenvalue weighted by molar-refractivity contribution is -0.384. The van der Waals surface area contributed by atoms with Gasteiger partial charge in [-0.2, -0.15) is 0 Å². The normalized spacial score (nSPS) is 17.6. The molecule has 1 aliphatic carbocycles. The third kappa shape index (κ3) is 3.67. The molecule has 0 aromatic heterocycles. The molecule has 1 aliphatic rings. The van der Waals surface area contributed by atoms with Gasteiger partial charge in [0.15, 0.2) is 0 Å². The zero-order valence-electron chi connectivity index (χ0n) is 11.1. The molecular weight excluding hydrogens is 264 g/mol. The van der Waals surface area contributed by atoms with Crippen LogP contribution >= 0.6 is 11.6 Å². The third-order valence-corrected chi connectivity index (χ3v) is 4.32. The second-order valence-electron chi connectivity index (χ2n) is 5.25. The van der Waals surface area contributed by atoms with E-state index in [1.54, 1.807) is 6.07 Å². The Morgan fingerprint density at radius 3 is 2.74 bits per heavy atom. The molecule has 1 saturated carbocycles. The first-order chi connectivity index (χ1) is 9.08. The van der Waals surface area contributed by atoms with Crippen molar-refractivity contribution in [3.63, 3.8) is 0 Å². The summed E-state index contributed by atoms with van der Waals surface area (Å²) in [5.74, 6) is 0.747. The van der Waals surface area contributed by atoms with Crippen molar-refractivity contribution in [1.29, 1.82) is 0 Å². The zero-order valence-corrected chi connectivity index (χ0v) is 11.8. The number of hydrogen-bond donors (Lipinski definition) is 1. The van der Waals surface area contributed by atoms with E-state index in [-0.39, 0.29) is 5.69 Å². The summed E-state index contributed by atoms with van der Waals surface area (Å²) >= 11 is 6.07. The van der Waals surface area contributed by atoms with Crippen LogP contribution in [0.5, 0.6) is 0 Å². The molecule has 5 heteroatoms. The second kappa shape index (κ2) is 6.35. The molecule has 0 radical (unpaired) electrons. The average molecular weight is 283 g/mol. The molecule has 1 N–H and O–H groups in total. The summed E-state index contributed by atoms with van der Waals surface area (Å²) in [6.07, 6.45) is 5.24. The van der Waals surface area contributed by atoms with Crippen molar-refractivity contribution in [1.82, 2.24) is 5.32 Å². The molecule has 104 valence electrons. The van der Waals surface area contributed by atoms with E-state index in [0.717, 1.165) is 11.5 Å². The van der Waals surface area contributed by atoms with Gasteiger partial charge in [-0.1, -0.05) is 24.4 Å². The van der Waals surface area contributed by atoms with Gasteiger partial charge in [0, 0.05) is 24.7 Å². The van der Waals surface area contributed by atoms with Gasteiger partial charge in [0.2, 0.25) is 0 Å². The number of halogens is 1. The Labute approximate surface area is 118 Å². The number of benzene rings is 1. The van der Waals surface area contributed by atoms with E-state index in [0.29, 0.717) is 17.6 Å². The zero-order chi connectivity index (χ0) is 13.8. The van der Waals surface area contributed by atoms with Crippen LogP contribution in [0, 0.1) is 16.0 Å². The lowest BCUT2D eigenvalue weighted by Crippen LogP contribution is -2.31.